The van der Waals surface area contributed by atoms with Crippen LogP contribution in [0.25, 0.3) is 0 Å². The molecule has 3 N–H and O–H groups in total. The molecule has 1 amide bonds. The van der Waals surface area contributed by atoms with E-state index < -0.39 is 29.3 Å². The highest BCUT2D eigenvalue weighted by molar-refractivity contribution is 5.80. The van der Waals surface area contributed by atoms with Crippen molar-refractivity contribution in [2.75, 3.05) is 0 Å². The lowest BCUT2D eigenvalue weighted by atomic mass is 9.94. The number of hydrogen-bond donors (Lipinski definition) is 3. The third-order valence-electron chi connectivity index (χ3n) is 2.39. The van der Waals surface area contributed by atoms with E-state index in [1.54, 1.807) is 27.7 Å². The summed E-state index contributed by atoms with van der Waals surface area (Å²) >= 11 is 0. The Morgan fingerprint density at radius 3 is 2.11 bits per heavy atom. The van der Waals surface area contributed by atoms with Crippen molar-refractivity contribution in [3.05, 3.63) is 0 Å². The molecule has 18 heavy (non-hydrogen) atoms. The molecule has 0 bridgehead atoms. The van der Waals surface area contributed by atoms with Gasteiger partial charge in [-0.1, -0.05) is 6.92 Å². The molecule has 0 rings (SSSR count). The Morgan fingerprint density at radius 1 is 1.28 bits per heavy atom. The van der Waals surface area contributed by atoms with E-state index in [9.17, 15) is 14.7 Å². The fourth-order valence-corrected chi connectivity index (χ4v) is 1.23. The summed E-state index contributed by atoms with van der Waals surface area (Å²) in [6, 6.07) is -1.17. The van der Waals surface area contributed by atoms with Gasteiger partial charge in [0.05, 0.1) is 5.60 Å². The van der Waals surface area contributed by atoms with Gasteiger partial charge in [0.1, 0.15) is 11.6 Å². The van der Waals surface area contributed by atoms with Crippen LogP contribution in [-0.2, 0) is 9.53 Å². The Morgan fingerprint density at radius 2 is 1.78 bits per heavy atom. The molecule has 0 fully saturated rings. The Kier molecular flexibility index (Phi) is 5.60. The van der Waals surface area contributed by atoms with Crippen LogP contribution in [0.2, 0.25) is 0 Å². The van der Waals surface area contributed by atoms with E-state index in [-0.39, 0.29) is 6.42 Å². The van der Waals surface area contributed by atoms with Crippen LogP contribution in [0.1, 0.15) is 47.5 Å². The fourth-order valence-electron chi connectivity index (χ4n) is 1.23. The van der Waals surface area contributed by atoms with Crippen molar-refractivity contribution < 1.29 is 24.5 Å². The van der Waals surface area contributed by atoms with Gasteiger partial charge < -0.3 is 20.3 Å². The van der Waals surface area contributed by atoms with Gasteiger partial charge in [0.25, 0.3) is 0 Å². The standard InChI is InChI=1S/C12H23NO5/c1-6-12(5,17)7-8(9(14)15)13-10(16)18-11(2,3)4/h8,17H,6-7H2,1-5H3,(H,13,16)(H,14,15). The van der Waals surface area contributed by atoms with Crippen LogP contribution < -0.4 is 5.32 Å². The Bertz CT molecular complexity index is 306. The number of aliphatic carboxylic acids is 1. The summed E-state index contributed by atoms with van der Waals surface area (Å²) in [6.45, 7) is 8.33. The van der Waals surface area contributed by atoms with Crippen LogP contribution in [0.15, 0.2) is 0 Å². The molecule has 0 aliphatic heterocycles. The van der Waals surface area contributed by atoms with Gasteiger partial charge in [-0.05, 0) is 34.1 Å². The van der Waals surface area contributed by atoms with E-state index in [0.29, 0.717) is 6.42 Å². The first kappa shape index (κ1) is 16.7. The summed E-state index contributed by atoms with van der Waals surface area (Å²) in [4.78, 5) is 22.5. The third kappa shape index (κ3) is 7.11. The van der Waals surface area contributed by atoms with Crippen LogP contribution in [0.5, 0.6) is 0 Å². The number of ether oxygens (including phenoxy) is 1. The maximum atomic E-state index is 11.5. The van der Waals surface area contributed by atoms with Crippen LogP contribution in [0.4, 0.5) is 4.79 Å². The first-order chi connectivity index (χ1) is 7.97. The van der Waals surface area contributed by atoms with E-state index in [1.165, 1.54) is 6.92 Å². The number of hydrogen-bond acceptors (Lipinski definition) is 4. The van der Waals surface area contributed by atoms with Crippen molar-refractivity contribution in [1.82, 2.24) is 5.32 Å². The molecule has 2 atom stereocenters. The van der Waals surface area contributed by atoms with Crippen molar-refractivity contribution in [2.24, 2.45) is 0 Å². The Hall–Kier alpha value is -1.30. The predicted octanol–water partition coefficient (Wildman–Crippen LogP) is 1.52. The lowest BCUT2D eigenvalue weighted by Gasteiger charge is -2.27. The topological polar surface area (TPSA) is 95.9 Å². The van der Waals surface area contributed by atoms with E-state index in [0.717, 1.165) is 0 Å². The largest absolute Gasteiger partial charge is 0.480 e. The van der Waals surface area contributed by atoms with Gasteiger partial charge in [0, 0.05) is 6.42 Å². The maximum Gasteiger partial charge on any atom is 0.408 e. The summed E-state index contributed by atoms with van der Waals surface area (Å²) in [7, 11) is 0. The molecule has 0 aromatic rings. The molecule has 6 heteroatoms. The highest BCUT2D eigenvalue weighted by atomic mass is 16.6. The minimum Gasteiger partial charge on any atom is -0.480 e. The van der Waals surface area contributed by atoms with Crippen LogP contribution in [0.3, 0.4) is 0 Å². The highest BCUT2D eigenvalue weighted by Gasteiger charge is 2.30. The molecule has 0 spiro atoms. The molecule has 0 radical (unpaired) electrons. The number of carboxylic acids is 1. The minimum absolute atomic E-state index is 0.0714. The highest BCUT2D eigenvalue weighted by Crippen LogP contribution is 2.17. The zero-order valence-corrected chi connectivity index (χ0v) is 11.6. The molecule has 0 aliphatic rings. The maximum absolute atomic E-state index is 11.5. The van der Waals surface area contributed by atoms with Gasteiger partial charge in [-0.15, -0.1) is 0 Å². The molecule has 0 aliphatic carbocycles. The quantitative estimate of drug-likeness (QED) is 0.697. The Labute approximate surface area is 107 Å². The first-order valence-corrected chi connectivity index (χ1v) is 5.91. The molecule has 0 heterocycles. The number of carbonyl (C=O) groups is 2. The molecule has 106 valence electrons. The van der Waals surface area contributed by atoms with Gasteiger partial charge in [-0.3, -0.25) is 0 Å². The molecule has 0 aromatic carbocycles. The van der Waals surface area contributed by atoms with Gasteiger partial charge in [-0.2, -0.15) is 0 Å². The van der Waals surface area contributed by atoms with Crippen molar-refractivity contribution >= 4 is 12.1 Å². The van der Waals surface area contributed by atoms with Crippen LogP contribution in [-0.4, -0.2) is 39.5 Å². The number of rotatable bonds is 5. The molecular formula is C12H23NO5. The van der Waals surface area contributed by atoms with Crippen LogP contribution in [0, 0.1) is 0 Å². The van der Waals surface area contributed by atoms with E-state index in [1.807, 2.05) is 0 Å². The summed E-state index contributed by atoms with van der Waals surface area (Å²) < 4.78 is 4.97. The minimum atomic E-state index is -1.20. The van der Waals surface area contributed by atoms with E-state index in [4.69, 9.17) is 9.84 Å². The van der Waals surface area contributed by atoms with Gasteiger partial charge in [-0.25, -0.2) is 9.59 Å². The average molecular weight is 261 g/mol. The lowest BCUT2D eigenvalue weighted by molar-refractivity contribution is -0.141. The van der Waals surface area contributed by atoms with Crippen molar-refractivity contribution in [2.45, 2.75) is 64.7 Å². The predicted molar refractivity (Wildman–Crippen MR) is 66.3 cm³/mol. The number of aliphatic hydroxyl groups is 1. The molecule has 0 saturated heterocycles. The SMILES string of the molecule is CCC(C)(O)CC(NC(=O)OC(C)(C)C)C(=O)O. The summed E-state index contributed by atoms with van der Waals surface area (Å²) in [5.74, 6) is -1.20. The van der Waals surface area contributed by atoms with Crippen LogP contribution >= 0.6 is 0 Å². The average Bonchev–Trinajstić information content (AvgIpc) is 2.13. The van der Waals surface area contributed by atoms with E-state index >= 15 is 0 Å². The molecular weight excluding hydrogens is 238 g/mol. The normalized spacial score (nSPS) is 16.6. The number of nitrogens with one attached hydrogen (secondary N) is 1. The number of carboxylic acid groups (broad SMARTS) is 1. The smallest absolute Gasteiger partial charge is 0.408 e. The number of carbonyl (C=O) groups excluding carboxylic acids is 1. The van der Waals surface area contributed by atoms with Crippen molar-refractivity contribution in [3.63, 3.8) is 0 Å². The van der Waals surface area contributed by atoms with Gasteiger partial charge in [0.2, 0.25) is 0 Å². The second-order valence-electron chi connectivity index (χ2n) is 5.59. The second-order valence-corrected chi connectivity index (χ2v) is 5.59. The van der Waals surface area contributed by atoms with E-state index in [2.05, 4.69) is 5.32 Å². The number of amides is 1. The third-order valence-corrected chi connectivity index (χ3v) is 2.39. The zero-order valence-electron chi connectivity index (χ0n) is 11.6. The first-order valence-electron chi connectivity index (χ1n) is 5.91. The fraction of sp³-hybridized carbons (Fsp3) is 0.833. The number of alkyl carbamates (subject to hydrolysis) is 1. The molecule has 0 saturated carbocycles. The van der Waals surface area contributed by atoms with Crippen molar-refractivity contribution in [3.8, 4) is 0 Å². The summed E-state index contributed by atoms with van der Waals surface area (Å²) in [5, 5.41) is 21.1. The molecule has 6 nitrogen and oxygen atoms in total. The second kappa shape index (κ2) is 6.04. The molecule has 2 unspecified atom stereocenters. The van der Waals surface area contributed by atoms with Crippen molar-refractivity contribution in [1.29, 1.82) is 0 Å². The summed E-state index contributed by atoms with van der Waals surface area (Å²) in [5.41, 5.74) is -1.83. The van der Waals surface area contributed by atoms with Gasteiger partial charge >= 0.3 is 12.1 Å². The monoisotopic (exact) mass is 261 g/mol. The molecule has 0 aromatic heterocycles. The zero-order chi connectivity index (χ0) is 14.6. The Balaban J connectivity index is 4.56. The lowest BCUT2D eigenvalue weighted by Crippen LogP contribution is -2.47. The summed E-state index contributed by atoms with van der Waals surface area (Å²) in [6.07, 6.45) is -0.480. The van der Waals surface area contributed by atoms with Gasteiger partial charge in [0.15, 0.2) is 0 Å².